The van der Waals surface area contributed by atoms with Crippen LogP contribution in [0.3, 0.4) is 0 Å². The van der Waals surface area contributed by atoms with Crippen molar-refractivity contribution in [1.82, 2.24) is 14.7 Å². The van der Waals surface area contributed by atoms with Crippen LogP contribution in [0.5, 0.6) is 0 Å². The Kier molecular flexibility index (Phi) is 3.62. The molecule has 1 aliphatic rings. The van der Waals surface area contributed by atoms with Crippen LogP contribution in [0.25, 0.3) is 5.69 Å². The third kappa shape index (κ3) is 2.90. The molecule has 0 radical (unpaired) electrons. The number of hydrogen-bond acceptors (Lipinski definition) is 4. The Morgan fingerprint density at radius 1 is 1.29 bits per heavy atom. The number of nitrogen functional groups attached to an aromatic ring is 1. The molecule has 0 unspecified atom stereocenters. The minimum absolute atomic E-state index is 0.136. The molecule has 1 aromatic heterocycles. The van der Waals surface area contributed by atoms with E-state index in [1.54, 1.807) is 34.0 Å². The molecule has 21 heavy (non-hydrogen) atoms. The smallest absolute Gasteiger partial charge is 0.274 e. The number of benzene rings is 1. The summed E-state index contributed by atoms with van der Waals surface area (Å²) in [6.45, 7) is 1.05. The maximum atomic E-state index is 12.4. The number of rotatable bonds is 2. The Morgan fingerprint density at radius 2 is 2.05 bits per heavy atom. The lowest BCUT2D eigenvalue weighted by Crippen LogP contribution is -2.42. The van der Waals surface area contributed by atoms with Crippen molar-refractivity contribution in [2.75, 3.05) is 18.8 Å². The molecule has 0 bridgehead atoms. The number of nitrogens with zero attached hydrogens (tertiary/aromatic N) is 3. The van der Waals surface area contributed by atoms with Crippen molar-refractivity contribution in [3.05, 3.63) is 42.2 Å². The highest BCUT2D eigenvalue weighted by atomic mass is 16.3. The number of aliphatic hydroxyl groups is 1. The number of aromatic nitrogens is 2. The quantitative estimate of drug-likeness (QED) is 0.808. The zero-order chi connectivity index (χ0) is 14.8. The van der Waals surface area contributed by atoms with Crippen molar-refractivity contribution in [3.63, 3.8) is 0 Å². The van der Waals surface area contributed by atoms with Crippen LogP contribution >= 0.6 is 0 Å². The highest BCUT2D eigenvalue weighted by Crippen LogP contribution is 2.15. The summed E-state index contributed by atoms with van der Waals surface area (Å²) in [6.07, 6.45) is 2.90. The van der Waals surface area contributed by atoms with Gasteiger partial charge in [0, 0.05) is 25.0 Å². The van der Waals surface area contributed by atoms with Gasteiger partial charge in [0.2, 0.25) is 0 Å². The van der Waals surface area contributed by atoms with Crippen LogP contribution in [0.4, 0.5) is 5.69 Å². The van der Waals surface area contributed by atoms with E-state index in [4.69, 9.17) is 5.73 Å². The second-order valence-electron chi connectivity index (χ2n) is 5.28. The van der Waals surface area contributed by atoms with Gasteiger partial charge in [-0.3, -0.25) is 4.79 Å². The number of aliphatic hydroxyl groups excluding tert-OH is 1. The van der Waals surface area contributed by atoms with E-state index in [1.807, 2.05) is 12.1 Å². The molecule has 3 rings (SSSR count). The van der Waals surface area contributed by atoms with Crippen molar-refractivity contribution >= 4 is 11.6 Å². The molecule has 2 aromatic rings. The molecule has 1 amide bonds. The molecule has 0 aliphatic carbocycles. The van der Waals surface area contributed by atoms with Crippen LogP contribution in [0.15, 0.2) is 36.5 Å². The molecule has 6 heteroatoms. The number of piperidine rings is 1. The highest BCUT2D eigenvalue weighted by Gasteiger charge is 2.24. The number of β-amino-alcohol motifs (C(OH)–C–C–N with tert-alkyl or cyclic N) is 1. The zero-order valence-electron chi connectivity index (χ0n) is 11.6. The lowest BCUT2D eigenvalue weighted by molar-refractivity contribution is 0.0468. The summed E-state index contributed by atoms with van der Waals surface area (Å²) in [5.74, 6) is -0.136. The van der Waals surface area contributed by atoms with E-state index < -0.39 is 6.10 Å². The standard InChI is InChI=1S/C15H18N4O2/c16-11-3-5-12(6-4-11)19-9-7-14(17-19)15(21)18-8-1-2-13(20)10-18/h3-7,9,13,20H,1-2,8,10,16H2/t13-/m0/s1. The van der Waals surface area contributed by atoms with Crippen molar-refractivity contribution in [1.29, 1.82) is 0 Å². The Bertz CT molecular complexity index is 635. The summed E-state index contributed by atoms with van der Waals surface area (Å²) >= 11 is 0. The first-order valence-electron chi connectivity index (χ1n) is 7.02. The third-order valence-electron chi connectivity index (χ3n) is 3.65. The molecule has 1 aromatic carbocycles. The van der Waals surface area contributed by atoms with Crippen LogP contribution in [-0.4, -0.2) is 44.9 Å². The number of anilines is 1. The van der Waals surface area contributed by atoms with Gasteiger partial charge in [0.15, 0.2) is 5.69 Å². The molecule has 6 nitrogen and oxygen atoms in total. The van der Waals surface area contributed by atoms with Gasteiger partial charge in [0.25, 0.3) is 5.91 Å². The first-order valence-corrected chi connectivity index (χ1v) is 7.02. The number of amides is 1. The van der Waals surface area contributed by atoms with Crippen molar-refractivity contribution < 1.29 is 9.90 Å². The Balaban J connectivity index is 1.78. The fourth-order valence-electron chi connectivity index (χ4n) is 2.51. The summed E-state index contributed by atoms with van der Waals surface area (Å²) in [5, 5.41) is 14.0. The van der Waals surface area contributed by atoms with Gasteiger partial charge in [-0.05, 0) is 43.2 Å². The van der Waals surface area contributed by atoms with Gasteiger partial charge in [-0.1, -0.05) is 0 Å². The molecule has 1 atom stereocenters. The number of carbonyl (C=O) groups is 1. The zero-order valence-corrected chi connectivity index (χ0v) is 11.6. The lowest BCUT2D eigenvalue weighted by atomic mass is 10.1. The van der Waals surface area contributed by atoms with Crippen molar-refractivity contribution in [2.24, 2.45) is 0 Å². The van der Waals surface area contributed by atoms with Gasteiger partial charge in [-0.2, -0.15) is 5.10 Å². The molecule has 0 spiro atoms. The molecular weight excluding hydrogens is 268 g/mol. The topological polar surface area (TPSA) is 84.4 Å². The lowest BCUT2D eigenvalue weighted by Gasteiger charge is -2.29. The second kappa shape index (κ2) is 5.57. The number of carbonyl (C=O) groups excluding carboxylic acids is 1. The molecule has 1 aliphatic heterocycles. The normalized spacial score (nSPS) is 18.7. The molecule has 2 heterocycles. The average molecular weight is 286 g/mol. The molecule has 1 saturated heterocycles. The highest BCUT2D eigenvalue weighted by molar-refractivity contribution is 5.92. The molecule has 1 fully saturated rings. The summed E-state index contributed by atoms with van der Waals surface area (Å²) in [7, 11) is 0. The van der Waals surface area contributed by atoms with E-state index >= 15 is 0 Å². The van der Waals surface area contributed by atoms with Crippen LogP contribution in [-0.2, 0) is 0 Å². The van der Waals surface area contributed by atoms with Crippen LogP contribution in [0.2, 0.25) is 0 Å². The summed E-state index contributed by atoms with van der Waals surface area (Å²) in [4.78, 5) is 14.0. The first-order chi connectivity index (χ1) is 10.1. The largest absolute Gasteiger partial charge is 0.399 e. The van der Waals surface area contributed by atoms with Gasteiger partial charge >= 0.3 is 0 Å². The predicted octanol–water partition coefficient (Wildman–Crippen LogP) is 1.05. The van der Waals surface area contributed by atoms with Gasteiger partial charge in [0.05, 0.1) is 11.8 Å². The fraction of sp³-hybridized carbons (Fsp3) is 0.333. The maximum absolute atomic E-state index is 12.4. The van der Waals surface area contributed by atoms with E-state index in [0.717, 1.165) is 18.5 Å². The van der Waals surface area contributed by atoms with Crippen LogP contribution in [0, 0.1) is 0 Å². The van der Waals surface area contributed by atoms with Gasteiger partial charge in [0.1, 0.15) is 0 Å². The molecule has 3 N–H and O–H groups in total. The Labute approximate surface area is 122 Å². The maximum Gasteiger partial charge on any atom is 0.274 e. The summed E-state index contributed by atoms with van der Waals surface area (Å²) < 4.78 is 1.65. The van der Waals surface area contributed by atoms with E-state index in [0.29, 0.717) is 24.5 Å². The molecular formula is C15H18N4O2. The predicted molar refractivity (Wildman–Crippen MR) is 79.1 cm³/mol. The van der Waals surface area contributed by atoms with E-state index in [2.05, 4.69) is 5.10 Å². The van der Waals surface area contributed by atoms with Crippen molar-refractivity contribution in [3.8, 4) is 5.69 Å². The molecule has 0 saturated carbocycles. The minimum atomic E-state index is -0.429. The third-order valence-corrected chi connectivity index (χ3v) is 3.65. The number of nitrogens with two attached hydrogens (primary N) is 1. The SMILES string of the molecule is Nc1ccc(-n2ccc(C(=O)N3CCC[C@H](O)C3)n2)cc1. The monoisotopic (exact) mass is 286 g/mol. The second-order valence-corrected chi connectivity index (χ2v) is 5.28. The molecule has 110 valence electrons. The fourth-order valence-corrected chi connectivity index (χ4v) is 2.51. The van der Waals surface area contributed by atoms with Crippen LogP contribution in [0.1, 0.15) is 23.3 Å². The van der Waals surface area contributed by atoms with Crippen LogP contribution < -0.4 is 5.73 Å². The Morgan fingerprint density at radius 3 is 2.76 bits per heavy atom. The van der Waals surface area contributed by atoms with Gasteiger partial charge in [-0.15, -0.1) is 0 Å². The van der Waals surface area contributed by atoms with E-state index in [-0.39, 0.29) is 5.91 Å². The minimum Gasteiger partial charge on any atom is -0.399 e. The average Bonchev–Trinajstić information content (AvgIpc) is 2.97. The summed E-state index contributed by atoms with van der Waals surface area (Å²) in [5.41, 5.74) is 7.58. The van der Waals surface area contributed by atoms with Gasteiger partial charge in [-0.25, -0.2) is 4.68 Å². The van der Waals surface area contributed by atoms with Gasteiger partial charge < -0.3 is 15.7 Å². The number of hydrogen-bond donors (Lipinski definition) is 2. The van der Waals surface area contributed by atoms with E-state index in [1.165, 1.54) is 0 Å². The summed E-state index contributed by atoms with van der Waals surface area (Å²) in [6, 6.07) is 8.97. The first kappa shape index (κ1) is 13.6. The number of likely N-dealkylation sites (tertiary alicyclic amines) is 1. The Hall–Kier alpha value is -2.34. The van der Waals surface area contributed by atoms with Crippen molar-refractivity contribution in [2.45, 2.75) is 18.9 Å². The van der Waals surface area contributed by atoms with E-state index in [9.17, 15) is 9.90 Å².